The Balaban J connectivity index is 1.33. The van der Waals surface area contributed by atoms with Crippen molar-refractivity contribution in [2.45, 2.75) is 31.9 Å². The molecule has 4 nitrogen and oxygen atoms in total. The average molecular weight is 389 g/mol. The van der Waals surface area contributed by atoms with Crippen molar-refractivity contribution in [1.82, 2.24) is 9.88 Å². The Morgan fingerprint density at radius 3 is 2.43 bits per heavy atom. The lowest BCUT2D eigenvalue weighted by molar-refractivity contribution is -0.137. The molecule has 0 spiro atoms. The fourth-order valence-electron chi connectivity index (χ4n) is 3.95. The summed E-state index contributed by atoms with van der Waals surface area (Å²) in [5.74, 6) is 0.608. The van der Waals surface area contributed by atoms with Gasteiger partial charge in [-0.1, -0.05) is 18.2 Å². The summed E-state index contributed by atoms with van der Waals surface area (Å²) in [5.41, 5.74) is 3.06. The van der Waals surface area contributed by atoms with Gasteiger partial charge in [0, 0.05) is 32.4 Å². The fourth-order valence-corrected chi connectivity index (χ4v) is 3.95. The molecule has 1 saturated heterocycles. The molecule has 4 rings (SSSR count). The molecule has 2 heterocycles. The van der Waals surface area contributed by atoms with E-state index in [1.807, 2.05) is 15.9 Å². The molecule has 1 fully saturated rings. The largest absolute Gasteiger partial charge is 0.417 e. The SMILES string of the molecule is O=C(Cc1ccc2c(c1)CCC2)N1CCN(c2ccc(C(F)(F)F)cn2)CC1. The number of benzene rings is 1. The highest BCUT2D eigenvalue weighted by Crippen LogP contribution is 2.29. The van der Waals surface area contributed by atoms with Gasteiger partial charge in [0.25, 0.3) is 0 Å². The summed E-state index contributed by atoms with van der Waals surface area (Å²) in [5, 5.41) is 0. The Kier molecular flexibility index (Phi) is 5.00. The monoisotopic (exact) mass is 389 g/mol. The number of fused-ring (bicyclic) bond motifs is 1. The number of hydrogen-bond donors (Lipinski definition) is 0. The van der Waals surface area contributed by atoms with Gasteiger partial charge in [-0.15, -0.1) is 0 Å². The molecule has 2 aromatic rings. The van der Waals surface area contributed by atoms with E-state index < -0.39 is 11.7 Å². The number of hydrogen-bond acceptors (Lipinski definition) is 3. The van der Waals surface area contributed by atoms with Gasteiger partial charge < -0.3 is 9.80 Å². The van der Waals surface area contributed by atoms with Crippen LogP contribution >= 0.6 is 0 Å². The van der Waals surface area contributed by atoms with Crippen molar-refractivity contribution < 1.29 is 18.0 Å². The van der Waals surface area contributed by atoms with Crippen LogP contribution in [0.25, 0.3) is 0 Å². The Morgan fingerprint density at radius 2 is 1.75 bits per heavy atom. The van der Waals surface area contributed by atoms with E-state index in [-0.39, 0.29) is 5.91 Å². The smallest absolute Gasteiger partial charge is 0.353 e. The first-order valence-corrected chi connectivity index (χ1v) is 9.57. The van der Waals surface area contributed by atoms with Gasteiger partial charge in [0.05, 0.1) is 12.0 Å². The zero-order chi connectivity index (χ0) is 19.7. The first-order valence-electron chi connectivity index (χ1n) is 9.57. The lowest BCUT2D eigenvalue weighted by Crippen LogP contribution is -2.49. The number of alkyl halides is 3. The summed E-state index contributed by atoms with van der Waals surface area (Å²) < 4.78 is 38.0. The highest BCUT2D eigenvalue weighted by Gasteiger charge is 2.31. The van der Waals surface area contributed by atoms with Crippen LogP contribution in [0, 0.1) is 0 Å². The summed E-state index contributed by atoms with van der Waals surface area (Å²) in [7, 11) is 0. The summed E-state index contributed by atoms with van der Waals surface area (Å²) in [6, 6.07) is 8.78. The molecule has 0 unspecified atom stereocenters. The number of aromatic nitrogens is 1. The fraction of sp³-hybridized carbons (Fsp3) is 0.429. The van der Waals surface area contributed by atoms with Gasteiger partial charge in [0.15, 0.2) is 0 Å². The number of nitrogens with zero attached hydrogens (tertiary/aromatic N) is 3. The van der Waals surface area contributed by atoms with Crippen LogP contribution in [0.15, 0.2) is 36.5 Å². The Labute approximate surface area is 162 Å². The molecule has 28 heavy (non-hydrogen) atoms. The number of rotatable bonds is 3. The van der Waals surface area contributed by atoms with E-state index >= 15 is 0 Å². The molecular weight excluding hydrogens is 367 g/mol. The summed E-state index contributed by atoms with van der Waals surface area (Å²) in [4.78, 5) is 20.3. The maximum absolute atomic E-state index is 12.7. The number of carbonyl (C=O) groups excluding carboxylic acids is 1. The van der Waals surface area contributed by atoms with Gasteiger partial charge in [0.2, 0.25) is 5.91 Å². The predicted octanol–water partition coefficient (Wildman–Crippen LogP) is 3.48. The molecule has 1 aliphatic carbocycles. The van der Waals surface area contributed by atoms with Crippen LogP contribution in [-0.4, -0.2) is 42.0 Å². The van der Waals surface area contributed by atoms with Crippen molar-refractivity contribution in [3.8, 4) is 0 Å². The van der Waals surface area contributed by atoms with Crippen molar-refractivity contribution in [3.63, 3.8) is 0 Å². The molecule has 0 radical (unpaired) electrons. The lowest BCUT2D eigenvalue weighted by atomic mass is 10.0. The maximum Gasteiger partial charge on any atom is 0.417 e. The van der Waals surface area contributed by atoms with Crippen LogP contribution in [0.1, 0.15) is 28.7 Å². The molecule has 0 bridgehead atoms. The second-order valence-electron chi connectivity index (χ2n) is 7.40. The van der Waals surface area contributed by atoms with E-state index in [4.69, 9.17) is 0 Å². The normalized spacial score (nSPS) is 17.0. The molecule has 0 atom stereocenters. The van der Waals surface area contributed by atoms with Gasteiger partial charge in [-0.2, -0.15) is 13.2 Å². The topological polar surface area (TPSA) is 36.4 Å². The predicted molar refractivity (Wildman–Crippen MR) is 100 cm³/mol. The number of aryl methyl sites for hydroxylation is 2. The quantitative estimate of drug-likeness (QED) is 0.807. The van der Waals surface area contributed by atoms with Crippen molar-refractivity contribution in [3.05, 3.63) is 58.8 Å². The minimum Gasteiger partial charge on any atom is -0.353 e. The molecule has 148 valence electrons. The first kappa shape index (κ1) is 18.8. The van der Waals surface area contributed by atoms with Gasteiger partial charge >= 0.3 is 6.18 Å². The van der Waals surface area contributed by atoms with Crippen LogP contribution < -0.4 is 4.90 Å². The van der Waals surface area contributed by atoms with Gasteiger partial charge in [-0.05, 0) is 48.1 Å². The number of carbonyl (C=O) groups is 1. The van der Waals surface area contributed by atoms with Crippen LogP contribution in [0.5, 0.6) is 0 Å². The molecule has 0 N–H and O–H groups in total. The van der Waals surface area contributed by atoms with Gasteiger partial charge in [0.1, 0.15) is 5.82 Å². The number of halogens is 3. The lowest BCUT2D eigenvalue weighted by Gasteiger charge is -2.35. The molecule has 7 heteroatoms. The Hall–Kier alpha value is -2.57. The maximum atomic E-state index is 12.7. The molecule has 2 aliphatic rings. The highest BCUT2D eigenvalue weighted by atomic mass is 19.4. The van der Waals surface area contributed by atoms with Crippen molar-refractivity contribution in [2.75, 3.05) is 31.1 Å². The average Bonchev–Trinajstić information content (AvgIpc) is 3.15. The molecular formula is C21H22F3N3O. The molecule has 1 aromatic carbocycles. The van der Waals surface area contributed by atoms with Gasteiger partial charge in [-0.25, -0.2) is 4.98 Å². The minimum atomic E-state index is -4.38. The highest BCUT2D eigenvalue weighted by molar-refractivity contribution is 5.79. The summed E-state index contributed by atoms with van der Waals surface area (Å²) in [6.07, 6.45) is 0.285. The summed E-state index contributed by atoms with van der Waals surface area (Å²) >= 11 is 0. The third kappa shape index (κ3) is 3.98. The van der Waals surface area contributed by atoms with Crippen LogP contribution in [0.4, 0.5) is 19.0 Å². The number of piperazine rings is 1. The van der Waals surface area contributed by atoms with Crippen molar-refractivity contribution in [2.24, 2.45) is 0 Å². The van der Waals surface area contributed by atoms with Crippen molar-refractivity contribution in [1.29, 1.82) is 0 Å². The van der Waals surface area contributed by atoms with E-state index in [2.05, 4.69) is 17.1 Å². The van der Waals surface area contributed by atoms with Gasteiger partial charge in [-0.3, -0.25) is 4.79 Å². The third-order valence-electron chi connectivity index (χ3n) is 5.55. The summed E-state index contributed by atoms with van der Waals surface area (Å²) in [6.45, 7) is 2.22. The minimum absolute atomic E-state index is 0.0953. The van der Waals surface area contributed by atoms with E-state index in [0.717, 1.165) is 30.7 Å². The molecule has 1 aliphatic heterocycles. The van der Waals surface area contributed by atoms with E-state index in [0.29, 0.717) is 38.4 Å². The van der Waals surface area contributed by atoms with Crippen molar-refractivity contribution >= 4 is 11.7 Å². The number of pyridine rings is 1. The van der Waals surface area contributed by atoms with Crippen LogP contribution in [0.2, 0.25) is 0 Å². The van der Waals surface area contributed by atoms with E-state index in [1.54, 1.807) is 0 Å². The standard InChI is InChI=1S/C21H22F3N3O/c22-21(23,24)18-6-7-19(25-14-18)26-8-10-27(11-9-26)20(28)13-15-4-5-16-2-1-3-17(16)12-15/h4-7,12,14H,1-3,8-11,13H2. The zero-order valence-electron chi connectivity index (χ0n) is 15.5. The zero-order valence-corrected chi connectivity index (χ0v) is 15.5. The Morgan fingerprint density at radius 1 is 1.00 bits per heavy atom. The van der Waals surface area contributed by atoms with Crippen LogP contribution in [0.3, 0.4) is 0 Å². The second kappa shape index (κ2) is 7.45. The molecule has 1 amide bonds. The van der Waals surface area contributed by atoms with Crippen LogP contribution in [-0.2, 0) is 30.2 Å². The van der Waals surface area contributed by atoms with E-state index in [9.17, 15) is 18.0 Å². The Bertz CT molecular complexity index is 856. The second-order valence-corrected chi connectivity index (χ2v) is 7.40. The third-order valence-corrected chi connectivity index (χ3v) is 5.55. The van der Waals surface area contributed by atoms with E-state index in [1.165, 1.54) is 23.6 Å². The number of anilines is 1. The number of amides is 1. The first-order chi connectivity index (χ1) is 13.4. The molecule has 0 saturated carbocycles. The molecule has 1 aromatic heterocycles.